The molecule has 9 heteroatoms. The first-order valence-corrected chi connectivity index (χ1v) is 28.7. The minimum absolute atomic E-state index is 0.0504. The van der Waals surface area contributed by atoms with Crippen LogP contribution in [0.4, 0.5) is 4.39 Å². The van der Waals surface area contributed by atoms with E-state index in [-0.39, 0.29) is 66.7 Å². The molecule has 7 aromatic rings. The Labute approximate surface area is 455 Å². The van der Waals surface area contributed by atoms with Gasteiger partial charge in [0.25, 0.3) is 0 Å². The summed E-state index contributed by atoms with van der Waals surface area (Å²) in [6, 6.07) is 58.4. The van der Waals surface area contributed by atoms with E-state index in [2.05, 4.69) is 185 Å². The van der Waals surface area contributed by atoms with Gasteiger partial charge in [-0.1, -0.05) is 206 Å². The Morgan fingerprint density at radius 1 is 0.480 bits per heavy atom. The molecule has 394 valence electrons. The quantitative estimate of drug-likeness (QED) is 0.0615. The van der Waals surface area contributed by atoms with Crippen molar-refractivity contribution in [3.05, 3.63) is 221 Å². The monoisotopic (exact) mass is 1040 g/mol. The molecular weight excluding hydrogens is 967 g/mol. The predicted molar refractivity (Wildman–Crippen MR) is 311 cm³/mol. The van der Waals surface area contributed by atoms with Crippen LogP contribution in [0.15, 0.2) is 196 Å². The zero-order valence-electron chi connectivity index (χ0n) is 46.8. The Kier molecular flexibility index (Phi) is 21.2. The third kappa shape index (κ3) is 18.0. The Morgan fingerprint density at radius 3 is 1.03 bits per heavy atom. The predicted octanol–water partition coefficient (Wildman–Crippen LogP) is 14.8. The number of carbonyl (C=O) groups excluding carboxylic acids is 2. The number of Topliss-reactive ketones (excluding diaryl/α,β-unsaturated/α-hetero) is 2. The van der Waals surface area contributed by atoms with Gasteiger partial charge < -0.3 is 14.7 Å². The lowest BCUT2D eigenvalue weighted by Gasteiger charge is -2.29. The van der Waals surface area contributed by atoms with E-state index in [4.69, 9.17) is 0 Å². The molecule has 0 aliphatic rings. The Balaban J connectivity index is 0.000000220. The molecule has 0 N–H and O–H groups in total. The van der Waals surface area contributed by atoms with Crippen LogP contribution >= 0.6 is 0 Å². The van der Waals surface area contributed by atoms with Gasteiger partial charge in [-0.25, -0.2) is 4.39 Å². The Bertz CT molecular complexity index is 2590. The summed E-state index contributed by atoms with van der Waals surface area (Å²) in [6.45, 7) is 30.6. The third-order valence-corrected chi connectivity index (χ3v) is 17.6. The first kappa shape index (κ1) is 60.2. The molecule has 0 bridgehead atoms. The largest absolute Gasteiger partial charge is 0.860 e. The zero-order valence-corrected chi connectivity index (χ0v) is 48.4. The average Bonchev–Trinajstić information content (AvgIpc) is 3.37. The molecule has 1 unspecified atom stereocenters. The van der Waals surface area contributed by atoms with Crippen molar-refractivity contribution in [1.29, 1.82) is 0 Å². The van der Waals surface area contributed by atoms with Crippen LogP contribution in [0, 0.1) is 5.82 Å². The van der Waals surface area contributed by atoms with Crippen molar-refractivity contribution in [3.8, 4) is 5.75 Å². The highest BCUT2D eigenvalue weighted by Crippen LogP contribution is 2.34. The van der Waals surface area contributed by atoms with Crippen LogP contribution in [0.2, 0.25) is 0 Å². The molecule has 7 rings (SSSR count). The highest BCUT2D eigenvalue weighted by molar-refractivity contribution is 7.98. The van der Waals surface area contributed by atoms with Crippen LogP contribution in [-0.4, -0.2) is 30.4 Å². The number of halogens is 1. The normalized spacial score (nSPS) is 12.3. The second-order valence-electron chi connectivity index (χ2n) is 23.1. The van der Waals surface area contributed by atoms with Crippen molar-refractivity contribution in [3.63, 3.8) is 0 Å². The summed E-state index contributed by atoms with van der Waals surface area (Å²) in [4.78, 5) is 31.0. The summed E-state index contributed by atoms with van der Waals surface area (Å²) in [6.07, 6.45) is 0.780. The number of ketones is 2. The lowest BCUT2D eigenvalue weighted by molar-refractivity contribution is -0.372. The molecule has 0 spiro atoms. The first-order valence-electron chi connectivity index (χ1n) is 25.9. The van der Waals surface area contributed by atoms with Gasteiger partial charge >= 0.3 is 0 Å². The van der Waals surface area contributed by atoms with Crippen LogP contribution in [0.3, 0.4) is 0 Å². The highest BCUT2D eigenvalue weighted by Gasteiger charge is 2.32. The van der Waals surface area contributed by atoms with Crippen molar-refractivity contribution in [1.82, 2.24) is 0 Å². The summed E-state index contributed by atoms with van der Waals surface area (Å²) in [5.41, 5.74) is 7.85. The van der Waals surface area contributed by atoms with Gasteiger partial charge in [0.2, 0.25) is 11.6 Å². The van der Waals surface area contributed by atoms with Crippen molar-refractivity contribution in [2.24, 2.45) is 0 Å². The fourth-order valence-electron chi connectivity index (χ4n) is 8.09. The number of benzene rings is 7. The van der Waals surface area contributed by atoms with Crippen molar-refractivity contribution in [2.45, 2.75) is 151 Å². The number of hydrogen-bond donors (Lipinski definition) is 0. The molecule has 0 saturated heterocycles. The van der Waals surface area contributed by atoms with Gasteiger partial charge in [-0.2, -0.15) is 0 Å². The summed E-state index contributed by atoms with van der Waals surface area (Å²) in [7, 11) is -2.98. The van der Waals surface area contributed by atoms with Crippen LogP contribution in [0.1, 0.15) is 158 Å². The van der Waals surface area contributed by atoms with Gasteiger partial charge in [0.05, 0.1) is 27.5 Å². The van der Waals surface area contributed by atoms with E-state index < -0.39 is 13.1 Å². The number of hydrogen-bond acceptors (Lipinski definition) is 5. The fraction of sp³-hybridized carbons (Fsp3) is 0.333. The van der Waals surface area contributed by atoms with E-state index in [0.29, 0.717) is 17.1 Å². The summed E-state index contributed by atoms with van der Waals surface area (Å²) < 4.78 is 17.5. The molecular formula is C66H78BFO5S2. The third-order valence-electron chi connectivity index (χ3n) is 13.1. The lowest BCUT2D eigenvalue weighted by atomic mass is 9.87. The topological polar surface area (TPSA) is 89.5 Å². The van der Waals surface area contributed by atoms with E-state index in [9.17, 15) is 24.0 Å². The molecule has 0 aromatic heterocycles. The summed E-state index contributed by atoms with van der Waals surface area (Å²) >= 11 is 0. The van der Waals surface area contributed by atoms with E-state index in [1.54, 1.807) is 0 Å². The molecule has 0 fully saturated rings. The maximum atomic E-state index is 13.1. The average molecular weight is 1050 g/mol. The second-order valence-corrected chi connectivity index (χ2v) is 27.2. The van der Waals surface area contributed by atoms with Crippen LogP contribution in [0.25, 0.3) is 0 Å². The molecule has 0 heterocycles. The zero-order chi connectivity index (χ0) is 55.3. The van der Waals surface area contributed by atoms with Gasteiger partial charge in [0, 0.05) is 11.1 Å². The fourth-order valence-corrected chi connectivity index (χ4v) is 12.0. The second kappa shape index (κ2) is 26.4. The summed E-state index contributed by atoms with van der Waals surface area (Å²) in [5.74, 6) is 1.21. The molecule has 0 radical (unpaired) electrons. The van der Waals surface area contributed by atoms with Gasteiger partial charge in [-0.15, -0.1) is 0 Å². The van der Waals surface area contributed by atoms with Crippen molar-refractivity contribution in [2.75, 3.05) is 11.5 Å². The molecule has 0 amide bonds. The van der Waals surface area contributed by atoms with Gasteiger partial charge in [-0.05, 0) is 129 Å². The molecule has 0 aliphatic heterocycles. The van der Waals surface area contributed by atoms with E-state index in [0.717, 1.165) is 17.5 Å². The van der Waals surface area contributed by atoms with Crippen molar-refractivity contribution >= 4 is 40.7 Å². The van der Waals surface area contributed by atoms with Crippen LogP contribution < -0.4 is 14.7 Å². The minimum atomic E-state index is -2.38. The SMILES string of the molecule is CC(C)(C)c1ccc([S+](CC(=O)c2ccccc2)c2ccc(C(C)(C)C)cc2)cc1.CC(C)(C)c1ccc([S+](CC(=O)c2ccccc2)c2ccc(C(C)(C)C)cc2)cc1.CCC(C)c1cc(F)ccc1OB([O-])[O-]. The smallest absolute Gasteiger partial charge is 0.212 e. The maximum Gasteiger partial charge on any atom is 0.212 e. The number of rotatable bonds is 14. The van der Waals surface area contributed by atoms with E-state index >= 15 is 0 Å². The number of carbonyl (C=O) groups is 2. The van der Waals surface area contributed by atoms with Gasteiger partial charge in [-0.3, -0.25) is 9.59 Å². The van der Waals surface area contributed by atoms with Gasteiger partial charge in [0.15, 0.2) is 31.1 Å². The molecule has 1 atom stereocenters. The summed E-state index contributed by atoms with van der Waals surface area (Å²) in [5, 5.41) is 20.7. The van der Waals surface area contributed by atoms with E-state index in [1.165, 1.54) is 60.0 Å². The molecule has 75 heavy (non-hydrogen) atoms. The lowest BCUT2D eigenvalue weighted by Crippen LogP contribution is -2.50. The van der Waals surface area contributed by atoms with Crippen molar-refractivity contribution < 1.29 is 28.7 Å². The highest BCUT2D eigenvalue weighted by atomic mass is 32.2. The van der Waals surface area contributed by atoms with Gasteiger partial charge in [0.1, 0.15) is 13.1 Å². The van der Waals surface area contributed by atoms with E-state index in [1.807, 2.05) is 74.5 Å². The maximum absolute atomic E-state index is 13.1. The molecule has 0 aliphatic carbocycles. The molecule has 7 aromatic carbocycles. The molecule has 0 saturated carbocycles. The Morgan fingerprint density at radius 2 is 0.773 bits per heavy atom. The Hall–Kier alpha value is -5.71. The molecule has 5 nitrogen and oxygen atoms in total. The van der Waals surface area contributed by atoms with Crippen LogP contribution in [-0.2, 0) is 43.4 Å². The minimum Gasteiger partial charge on any atom is -0.860 e. The first-order chi connectivity index (χ1) is 35.1. The van der Waals surface area contributed by atoms with Crippen LogP contribution in [0.5, 0.6) is 5.75 Å². The standard InChI is InChI=1S/2C28H33OS.C10H12BFO3/c2*1-27(2,3)22-12-16-24(17-13-22)30(20-26(29)21-10-8-7-9-11-21)25-18-14-23(15-19-25)28(4,5)6;1-3-7(2)9-6-8(12)4-5-10(9)15-11(13)14/h2*7-19H,20H2,1-6H3;4-7H,3H2,1-2H3/q2*+1;-2.